The molecule has 1 N–H and O–H groups in total. The van der Waals surface area contributed by atoms with Gasteiger partial charge in [0.1, 0.15) is 0 Å². The van der Waals surface area contributed by atoms with Crippen LogP contribution in [0.4, 0.5) is 11.4 Å². The predicted octanol–water partition coefficient (Wildman–Crippen LogP) is 2.22. The normalized spacial score (nSPS) is 17.5. The smallest absolute Gasteiger partial charge is 0.255 e. The molecule has 0 spiro atoms. The maximum absolute atomic E-state index is 12.4. The number of ether oxygens (including phenoxy) is 4. The second-order valence-electron chi connectivity index (χ2n) is 6.67. The monoisotopic (exact) mass is 415 g/mol. The lowest BCUT2D eigenvalue weighted by molar-refractivity contribution is 0.00206. The molecule has 1 aliphatic rings. The van der Waals surface area contributed by atoms with Crippen LogP contribution in [-0.2, 0) is 18.9 Å². The Labute approximate surface area is 177 Å². The zero-order valence-electron chi connectivity index (χ0n) is 17.1. The van der Waals surface area contributed by atoms with Gasteiger partial charge in [-0.2, -0.15) is 0 Å². The number of carbonyl (C=O) groups is 1. The Hall–Kier alpha value is -2.52. The van der Waals surface area contributed by atoms with Crippen LogP contribution in [0.5, 0.6) is 0 Å². The molecule has 2 heterocycles. The molecule has 8 nitrogen and oxygen atoms in total. The average Bonchev–Trinajstić information content (AvgIpc) is 2.79. The Bertz CT molecular complexity index is 726. The van der Waals surface area contributed by atoms with Crippen molar-refractivity contribution in [2.75, 3.05) is 76.2 Å². The van der Waals surface area contributed by atoms with E-state index in [1.54, 1.807) is 24.5 Å². The van der Waals surface area contributed by atoms with Crippen LogP contribution in [-0.4, -0.2) is 76.8 Å². The van der Waals surface area contributed by atoms with Gasteiger partial charge >= 0.3 is 0 Å². The van der Waals surface area contributed by atoms with Crippen LogP contribution in [0.1, 0.15) is 10.4 Å². The lowest BCUT2D eigenvalue weighted by Gasteiger charge is -2.25. The molecule has 0 radical (unpaired) electrons. The maximum atomic E-state index is 12.4. The summed E-state index contributed by atoms with van der Waals surface area (Å²) in [6.07, 6.45) is 3.28. The minimum Gasteiger partial charge on any atom is -0.377 e. The van der Waals surface area contributed by atoms with Gasteiger partial charge in [-0.15, -0.1) is 0 Å². The van der Waals surface area contributed by atoms with Crippen molar-refractivity contribution >= 4 is 17.3 Å². The summed E-state index contributed by atoms with van der Waals surface area (Å²) in [6, 6.07) is 11.1. The largest absolute Gasteiger partial charge is 0.377 e. The first-order valence-electron chi connectivity index (χ1n) is 10.2. The quantitative estimate of drug-likeness (QED) is 0.823. The van der Waals surface area contributed by atoms with Gasteiger partial charge in [0.15, 0.2) is 0 Å². The van der Waals surface area contributed by atoms with E-state index in [1.807, 2.05) is 24.3 Å². The summed E-state index contributed by atoms with van der Waals surface area (Å²) in [5.41, 5.74) is 2.32. The summed E-state index contributed by atoms with van der Waals surface area (Å²) in [7, 11) is 0. The van der Waals surface area contributed by atoms with Crippen molar-refractivity contribution in [3.05, 3.63) is 54.4 Å². The van der Waals surface area contributed by atoms with Crippen molar-refractivity contribution in [1.29, 1.82) is 0 Å². The molecule has 0 saturated carbocycles. The first-order chi connectivity index (χ1) is 14.8. The minimum atomic E-state index is -0.156. The molecule has 1 aliphatic heterocycles. The van der Waals surface area contributed by atoms with Gasteiger partial charge in [-0.1, -0.05) is 0 Å². The van der Waals surface area contributed by atoms with Crippen molar-refractivity contribution < 1.29 is 23.7 Å². The van der Waals surface area contributed by atoms with E-state index in [2.05, 4.69) is 15.2 Å². The van der Waals surface area contributed by atoms with Crippen LogP contribution in [0.25, 0.3) is 0 Å². The highest BCUT2D eigenvalue weighted by Crippen LogP contribution is 2.16. The van der Waals surface area contributed by atoms with E-state index < -0.39 is 0 Å². The molecule has 0 aliphatic carbocycles. The van der Waals surface area contributed by atoms with Crippen molar-refractivity contribution in [3.8, 4) is 0 Å². The van der Waals surface area contributed by atoms with Crippen LogP contribution in [0, 0.1) is 0 Å². The third-order valence-corrected chi connectivity index (χ3v) is 4.56. The van der Waals surface area contributed by atoms with Crippen LogP contribution in [0.3, 0.4) is 0 Å². The number of benzene rings is 1. The highest BCUT2D eigenvalue weighted by Gasteiger charge is 2.10. The van der Waals surface area contributed by atoms with Gasteiger partial charge < -0.3 is 29.2 Å². The summed E-state index contributed by atoms with van der Waals surface area (Å²) in [5, 5.41) is 2.86. The highest BCUT2D eigenvalue weighted by atomic mass is 16.6. The number of hydrogen-bond acceptors (Lipinski definition) is 7. The zero-order valence-corrected chi connectivity index (χ0v) is 17.1. The molecule has 162 valence electrons. The van der Waals surface area contributed by atoms with Crippen LogP contribution in [0.2, 0.25) is 0 Å². The summed E-state index contributed by atoms with van der Waals surface area (Å²) in [4.78, 5) is 18.6. The molecule has 0 bridgehead atoms. The number of rotatable bonds is 3. The molecular weight excluding hydrogens is 386 g/mol. The number of anilines is 2. The highest BCUT2D eigenvalue weighted by molar-refractivity contribution is 6.04. The zero-order chi connectivity index (χ0) is 20.9. The lowest BCUT2D eigenvalue weighted by Crippen LogP contribution is -2.31. The number of aromatic nitrogens is 1. The average molecular weight is 415 g/mol. The third-order valence-electron chi connectivity index (χ3n) is 4.56. The van der Waals surface area contributed by atoms with E-state index in [9.17, 15) is 4.79 Å². The molecule has 8 heteroatoms. The maximum Gasteiger partial charge on any atom is 0.255 e. The molecule has 30 heavy (non-hydrogen) atoms. The molecule has 1 aromatic heterocycles. The molecule has 3 rings (SSSR count). The Morgan fingerprint density at radius 3 is 1.77 bits per heavy atom. The van der Waals surface area contributed by atoms with Crippen molar-refractivity contribution in [1.82, 2.24) is 4.98 Å². The fourth-order valence-corrected chi connectivity index (χ4v) is 2.94. The summed E-state index contributed by atoms with van der Waals surface area (Å²) < 4.78 is 22.3. The fourth-order valence-electron chi connectivity index (χ4n) is 2.94. The van der Waals surface area contributed by atoms with Gasteiger partial charge in [0.25, 0.3) is 5.91 Å². The second kappa shape index (κ2) is 12.9. The van der Waals surface area contributed by atoms with E-state index >= 15 is 0 Å². The Kier molecular flexibility index (Phi) is 9.55. The molecule has 1 amide bonds. The van der Waals surface area contributed by atoms with Gasteiger partial charge in [-0.3, -0.25) is 9.78 Å². The third kappa shape index (κ3) is 7.72. The van der Waals surface area contributed by atoms with Crippen molar-refractivity contribution in [3.63, 3.8) is 0 Å². The number of pyridine rings is 1. The van der Waals surface area contributed by atoms with E-state index in [0.29, 0.717) is 64.1 Å². The molecule has 1 aromatic carbocycles. The van der Waals surface area contributed by atoms with E-state index in [4.69, 9.17) is 18.9 Å². The topological polar surface area (TPSA) is 82.2 Å². The van der Waals surface area contributed by atoms with Gasteiger partial charge in [0.2, 0.25) is 0 Å². The molecule has 0 unspecified atom stereocenters. The molecule has 0 atom stereocenters. The predicted molar refractivity (Wildman–Crippen MR) is 114 cm³/mol. The molecule has 2 aromatic rings. The first kappa shape index (κ1) is 22.2. The van der Waals surface area contributed by atoms with Crippen molar-refractivity contribution in [2.45, 2.75) is 0 Å². The Morgan fingerprint density at radius 1 is 0.733 bits per heavy atom. The number of hydrogen-bond donors (Lipinski definition) is 1. The number of nitrogens with zero attached hydrogens (tertiary/aromatic N) is 2. The molecule has 1 saturated heterocycles. The number of amides is 1. The Morgan fingerprint density at radius 2 is 1.23 bits per heavy atom. The van der Waals surface area contributed by atoms with Crippen LogP contribution >= 0.6 is 0 Å². The standard InChI is InChI=1S/C22H29N3O5/c26-22(24-20-5-7-23-8-6-20)19-1-3-21(4-2-19)25-9-11-27-13-15-29-17-18-30-16-14-28-12-10-25/h1-8H,9-18H2,(H,23,24,26). The number of nitrogens with one attached hydrogen (secondary N) is 1. The van der Waals surface area contributed by atoms with Crippen LogP contribution in [0.15, 0.2) is 48.8 Å². The van der Waals surface area contributed by atoms with E-state index in [1.165, 1.54) is 0 Å². The minimum absolute atomic E-state index is 0.156. The summed E-state index contributed by atoms with van der Waals surface area (Å²) in [6.45, 7) is 5.98. The lowest BCUT2D eigenvalue weighted by atomic mass is 10.1. The van der Waals surface area contributed by atoms with Gasteiger partial charge in [0.05, 0.1) is 52.9 Å². The van der Waals surface area contributed by atoms with Gasteiger partial charge in [-0.05, 0) is 36.4 Å². The number of carbonyl (C=O) groups excluding carboxylic acids is 1. The first-order valence-corrected chi connectivity index (χ1v) is 10.2. The molecular formula is C22H29N3O5. The van der Waals surface area contributed by atoms with E-state index in [-0.39, 0.29) is 5.91 Å². The summed E-state index contributed by atoms with van der Waals surface area (Å²) in [5.74, 6) is -0.156. The Balaban J connectivity index is 1.57. The second-order valence-corrected chi connectivity index (χ2v) is 6.67. The molecule has 1 fully saturated rings. The summed E-state index contributed by atoms with van der Waals surface area (Å²) >= 11 is 0. The van der Waals surface area contributed by atoms with E-state index in [0.717, 1.165) is 18.8 Å². The van der Waals surface area contributed by atoms with Gasteiger partial charge in [-0.25, -0.2) is 0 Å². The fraction of sp³-hybridized carbons (Fsp3) is 0.455. The van der Waals surface area contributed by atoms with Crippen LogP contribution < -0.4 is 10.2 Å². The SMILES string of the molecule is O=C(Nc1ccncc1)c1ccc(N2CCOCCOCCOCCOCC2)cc1. The van der Waals surface area contributed by atoms with Crippen molar-refractivity contribution in [2.24, 2.45) is 0 Å². The van der Waals surface area contributed by atoms with Gasteiger partial charge in [0, 0.05) is 42.4 Å².